The van der Waals surface area contributed by atoms with E-state index in [9.17, 15) is 0 Å². The van der Waals surface area contributed by atoms with E-state index in [4.69, 9.17) is 15.0 Å². The highest BCUT2D eigenvalue weighted by molar-refractivity contribution is 5.81. The molecule has 0 bridgehead atoms. The van der Waals surface area contributed by atoms with Gasteiger partial charge < -0.3 is 15.0 Å². The minimum atomic E-state index is 0.327. The zero-order chi connectivity index (χ0) is 14.0. The van der Waals surface area contributed by atoms with E-state index in [-0.39, 0.29) is 0 Å². The average Bonchev–Trinajstić information content (AvgIpc) is 2.82. The van der Waals surface area contributed by atoms with Crippen molar-refractivity contribution in [3.05, 3.63) is 29.5 Å². The second kappa shape index (κ2) is 5.34. The Morgan fingerprint density at radius 2 is 2.11 bits per heavy atom. The van der Waals surface area contributed by atoms with Crippen molar-refractivity contribution < 1.29 is 9.26 Å². The van der Waals surface area contributed by atoms with E-state index < -0.39 is 0 Å². The number of nitrogens with two attached hydrogens (primary N) is 1. The van der Waals surface area contributed by atoms with Gasteiger partial charge in [-0.3, -0.25) is 0 Å². The van der Waals surface area contributed by atoms with E-state index in [1.165, 1.54) is 5.56 Å². The average molecular weight is 260 g/mol. The fraction of sp³-hybridized carbons (Fsp3) is 0.400. The maximum Gasteiger partial charge on any atom is 0.230 e. The molecule has 0 atom stereocenters. The molecule has 0 aliphatic rings. The van der Waals surface area contributed by atoms with E-state index in [0.29, 0.717) is 11.8 Å². The van der Waals surface area contributed by atoms with Crippen LogP contribution < -0.4 is 10.5 Å². The monoisotopic (exact) mass is 260 g/mol. The largest absolute Gasteiger partial charge is 0.496 e. The first kappa shape index (κ1) is 13.5. The number of benzene rings is 1. The van der Waals surface area contributed by atoms with Gasteiger partial charge in [0.05, 0.1) is 18.9 Å². The van der Waals surface area contributed by atoms with Gasteiger partial charge >= 0.3 is 0 Å². The van der Waals surface area contributed by atoms with Crippen molar-refractivity contribution >= 4 is 5.88 Å². The van der Waals surface area contributed by atoms with Crippen LogP contribution in [0.2, 0.25) is 0 Å². The number of aryl methyl sites for hydroxylation is 1. The summed E-state index contributed by atoms with van der Waals surface area (Å²) < 4.78 is 10.6. The first-order valence-electron chi connectivity index (χ1n) is 6.50. The molecule has 2 N–H and O–H groups in total. The molecule has 0 fully saturated rings. The van der Waals surface area contributed by atoms with Gasteiger partial charge in [-0.05, 0) is 23.5 Å². The third kappa shape index (κ3) is 2.30. The second-order valence-corrected chi connectivity index (χ2v) is 4.83. The quantitative estimate of drug-likeness (QED) is 0.912. The smallest absolute Gasteiger partial charge is 0.230 e. The van der Waals surface area contributed by atoms with Crippen molar-refractivity contribution in [3.8, 4) is 16.9 Å². The molecule has 0 unspecified atom stereocenters. The van der Waals surface area contributed by atoms with Crippen molar-refractivity contribution in [1.29, 1.82) is 0 Å². The molecule has 2 rings (SSSR count). The number of aromatic nitrogens is 1. The Balaban J connectivity index is 2.77. The van der Waals surface area contributed by atoms with Crippen LogP contribution in [0.3, 0.4) is 0 Å². The molecule has 2 aromatic rings. The van der Waals surface area contributed by atoms with Crippen LogP contribution in [0.1, 0.15) is 37.8 Å². The Morgan fingerprint density at radius 3 is 2.58 bits per heavy atom. The van der Waals surface area contributed by atoms with Crippen LogP contribution in [0.15, 0.2) is 22.9 Å². The lowest BCUT2D eigenvalue weighted by atomic mass is 9.90. The van der Waals surface area contributed by atoms with Gasteiger partial charge in [-0.2, -0.15) is 0 Å². The maximum absolute atomic E-state index is 5.87. The summed E-state index contributed by atoms with van der Waals surface area (Å²) >= 11 is 0. The topological polar surface area (TPSA) is 61.3 Å². The molecule has 1 aromatic heterocycles. The molecule has 0 saturated heterocycles. The summed E-state index contributed by atoms with van der Waals surface area (Å²) in [6, 6.07) is 4.25. The number of ether oxygens (including phenoxy) is 1. The zero-order valence-corrected chi connectivity index (χ0v) is 11.9. The fourth-order valence-corrected chi connectivity index (χ4v) is 2.35. The molecule has 4 heteroatoms. The van der Waals surface area contributed by atoms with Crippen molar-refractivity contribution in [2.24, 2.45) is 0 Å². The predicted molar refractivity (Wildman–Crippen MR) is 76.4 cm³/mol. The third-order valence-corrected chi connectivity index (χ3v) is 3.35. The van der Waals surface area contributed by atoms with Gasteiger partial charge in [-0.1, -0.05) is 38.1 Å². The minimum Gasteiger partial charge on any atom is -0.496 e. The molecular weight excluding hydrogens is 240 g/mol. The normalized spacial score (nSPS) is 11.0. The second-order valence-electron chi connectivity index (χ2n) is 4.83. The van der Waals surface area contributed by atoms with Gasteiger partial charge in [0.15, 0.2) is 0 Å². The maximum atomic E-state index is 5.87. The first-order chi connectivity index (χ1) is 9.10. The number of hydrogen-bond donors (Lipinski definition) is 1. The van der Waals surface area contributed by atoms with Crippen LogP contribution in [0, 0.1) is 0 Å². The summed E-state index contributed by atoms with van der Waals surface area (Å²) in [4.78, 5) is 0. The molecule has 1 heterocycles. The van der Waals surface area contributed by atoms with Crippen LogP contribution in [0.5, 0.6) is 5.75 Å². The molecule has 19 heavy (non-hydrogen) atoms. The van der Waals surface area contributed by atoms with E-state index >= 15 is 0 Å². The molecule has 0 saturated carbocycles. The van der Waals surface area contributed by atoms with Crippen LogP contribution in [0.25, 0.3) is 11.1 Å². The Hall–Kier alpha value is -1.97. The lowest BCUT2D eigenvalue weighted by Gasteiger charge is -2.18. The highest BCUT2D eigenvalue weighted by Gasteiger charge is 2.20. The number of nitrogens with zero attached hydrogens (tertiary/aromatic N) is 1. The summed E-state index contributed by atoms with van der Waals surface area (Å²) in [5.74, 6) is 1.56. The van der Waals surface area contributed by atoms with Gasteiger partial charge in [-0.15, -0.1) is 0 Å². The number of methoxy groups -OCH3 is 1. The van der Waals surface area contributed by atoms with Crippen LogP contribution in [-0.2, 0) is 6.42 Å². The number of nitrogen functional groups attached to an aromatic ring is 1. The van der Waals surface area contributed by atoms with Crippen molar-refractivity contribution in [2.75, 3.05) is 12.8 Å². The predicted octanol–water partition coefficient (Wildman–Crippen LogP) is 3.62. The van der Waals surface area contributed by atoms with Crippen molar-refractivity contribution in [2.45, 2.75) is 33.1 Å². The van der Waals surface area contributed by atoms with Crippen LogP contribution in [0.4, 0.5) is 5.88 Å². The number of anilines is 1. The Bertz CT molecular complexity index is 574. The summed E-state index contributed by atoms with van der Waals surface area (Å²) in [6.45, 7) is 6.40. The summed E-state index contributed by atoms with van der Waals surface area (Å²) in [5, 5.41) is 3.77. The van der Waals surface area contributed by atoms with Gasteiger partial charge in [0, 0.05) is 5.56 Å². The summed E-state index contributed by atoms with van der Waals surface area (Å²) in [7, 11) is 1.69. The highest BCUT2D eigenvalue weighted by Crippen LogP contribution is 2.41. The zero-order valence-electron chi connectivity index (χ0n) is 11.9. The Morgan fingerprint density at radius 1 is 1.37 bits per heavy atom. The van der Waals surface area contributed by atoms with Crippen molar-refractivity contribution in [3.63, 3.8) is 0 Å². The fourth-order valence-electron chi connectivity index (χ4n) is 2.35. The standard InChI is InChI=1S/C15H20N2O2/c1-5-10-6-7-11(9(2)3)13(14(10)18-4)12-8-17-19-15(12)16/h6-9H,5,16H2,1-4H3. The van der Waals surface area contributed by atoms with E-state index in [2.05, 4.69) is 38.1 Å². The van der Waals surface area contributed by atoms with Crippen LogP contribution in [-0.4, -0.2) is 12.3 Å². The molecule has 0 aliphatic heterocycles. The lowest BCUT2D eigenvalue weighted by molar-refractivity contribution is 0.411. The molecule has 1 aromatic carbocycles. The molecule has 0 amide bonds. The van der Waals surface area contributed by atoms with Gasteiger partial charge in [0.2, 0.25) is 5.88 Å². The van der Waals surface area contributed by atoms with Gasteiger partial charge in [0.1, 0.15) is 5.75 Å². The van der Waals surface area contributed by atoms with E-state index in [1.54, 1.807) is 13.3 Å². The van der Waals surface area contributed by atoms with Gasteiger partial charge in [-0.25, -0.2) is 0 Å². The third-order valence-electron chi connectivity index (χ3n) is 3.35. The molecule has 102 valence electrons. The number of hydrogen-bond acceptors (Lipinski definition) is 4. The van der Waals surface area contributed by atoms with E-state index in [1.807, 2.05) is 0 Å². The first-order valence-corrected chi connectivity index (χ1v) is 6.50. The van der Waals surface area contributed by atoms with Gasteiger partial charge in [0.25, 0.3) is 0 Å². The van der Waals surface area contributed by atoms with Crippen molar-refractivity contribution in [1.82, 2.24) is 5.16 Å². The Kier molecular flexibility index (Phi) is 3.79. The van der Waals surface area contributed by atoms with E-state index in [0.717, 1.165) is 28.9 Å². The highest BCUT2D eigenvalue weighted by atomic mass is 16.5. The summed E-state index contributed by atoms with van der Waals surface area (Å²) in [6.07, 6.45) is 2.55. The number of rotatable bonds is 4. The Labute approximate surface area is 113 Å². The van der Waals surface area contributed by atoms with Crippen LogP contribution >= 0.6 is 0 Å². The lowest BCUT2D eigenvalue weighted by Crippen LogP contribution is -2.01. The molecular formula is C15H20N2O2. The molecule has 0 radical (unpaired) electrons. The summed E-state index contributed by atoms with van der Waals surface area (Å²) in [5.41, 5.74) is 10.0. The molecule has 4 nitrogen and oxygen atoms in total. The molecule has 0 spiro atoms. The minimum absolute atomic E-state index is 0.327. The SMILES string of the molecule is CCc1ccc(C(C)C)c(-c2cnoc2N)c1OC. The molecule has 0 aliphatic carbocycles.